The largest absolute Gasteiger partial charge is 0.471 e. The van der Waals surface area contributed by atoms with Gasteiger partial charge >= 0.3 is 0 Å². The van der Waals surface area contributed by atoms with Crippen LogP contribution in [0.15, 0.2) is 43.5 Å². The molecule has 0 spiro atoms. The number of nitrogens with two attached hydrogens (primary N) is 1. The molecule has 1 aliphatic carbocycles. The highest BCUT2D eigenvalue weighted by molar-refractivity contribution is 5.93. The van der Waals surface area contributed by atoms with Crippen molar-refractivity contribution in [3.8, 4) is 0 Å². The lowest BCUT2D eigenvalue weighted by Gasteiger charge is -2.10. The molecule has 0 saturated heterocycles. The molecule has 164 valence electrons. The molecular weight excluding hydrogens is 386 g/mol. The lowest BCUT2D eigenvalue weighted by Crippen LogP contribution is -2.26. The Kier molecular flexibility index (Phi) is 24.3. The van der Waals surface area contributed by atoms with E-state index >= 15 is 0 Å². The number of anilines is 1. The summed E-state index contributed by atoms with van der Waals surface area (Å²) in [4.78, 5) is 28.8. The van der Waals surface area contributed by atoms with Gasteiger partial charge in [0.15, 0.2) is 0 Å². The van der Waals surface area contributed by atoms with E-state index in [1.54, 1.807) is 0 Å². The number of carbonyl (C=O) groups excluding carboxylic acids is 3. The molecule has 9 heteroatoms. The van der Waals surface area contributed by atoms with E-state index in [2.05, 4.69) is 41.1 Å². The SMILES string of the molecule is C1=CCCC1.C=C.COC(C)C(=O)Nc1cc(F)cc(F)c1.COC=O.NC=O. The van der Waals surface area contributed by atoms with Gasteiger partial charge in [0.25, 0.3) is 12.4 Å². The molecule has 29 heavy (non-hydrogen) atoms. The van der Waals surface area contributed by atoms with E-state index in [1.165, 1.54) is 40.4 Å². The van der Waals surface area contributed by atoms with Crippen molar-refractivity contribution in [3.05, 3.63) is 55.1 Å². The normalized spacial score (nSPS) is 11.2. The first kappa shape index (κ1) is 30.7. The summed E-state index contributed by atoms with van der Waals surface area (Å²) in [5, 5.41) is 2.33. The lowest BCUT2D eigenvalue weighted by atomic mass is 10.3. The van der Waals surface area contributed by atoms with Crippen LogP contribution in [0.25, 0.3) is 0 Å². The third-order valence-corrected chi connectivity index (χ3v) is 2.86. The van der Waals surface area contributed by atoms with Crippen molar-refractivity contribution in [2.24, 2.45) is 5.73 Å². The summed E-state index contributed by atoms with van der Waals surface area (Å²) < 4.78 is 34.1. The van der Waals surface area contributed by atoms with Gasteiger partial charge in [-0.15, -0.1) is 13.2 Å². The Balaban J connectivity index is -0.000000394. The first-order chi connectivity index (χ1) is 13.9. The predicted molar refractivity (Wildman–Crippen MR) is 109 cm³/mol. The van der Waals surface area contributed by atoms with Crippen LogP contribution >= 0.6 is 0 Å². The molecule has 2 rings (SSSR count). The number of amides is 2. The predicted octanol–water partition coefficient (Wildman–Crippen LogP) is 3.36. The molecule has 0 fully saturated rings. The summed E-state index contributed by atoms with van der Waals surface area (Å²) in [6.45, 7) is 7.91. The zero-order chi connectivity index (χ0) is 23.1. The maximum absolute atomic E-state index is 12.7. The Morgan fingerprint density at radius 2 is 1.55 bits per heavy atom. The topological polar surface area (TPSA) is 108 Å². The number of nitrogens with one attached hydrogen (secondary N) is 1. The molecule has 0 heterocycles. The fourth-order valence-electron chi connectivity index (χ4n) is 1.57. The zero-order valence-corrected chi connectivity index (χ0v) is 17.0. The maximum Gasteiger partial charge on any atom is 0.292 e. The lowest BCUT2D eigenvalue weighted by molar-refractivity contribution is -0.126. The second-order valence-electron chi connectivity index (χ2n) is 4.90. The quantitative estimate of drug-likeness (QED) is 0.578. The van der Waals surface area contributed by atoms with E-state index in [9.17, 15) is 13.6 Å². The van der Waals surface area contributed by atoms with Gasteiger partial charge in [-0.3, -0.25) is 14.4 Å². The van der Waals surface area contributed by atoms with Crippen LogP contribution in [0.3, 0.4) is 0 Å². The number of allylic oxidation sites excluding steroid dienone is 2. The summed E-state index contributed by atoms with van der Waals surface area (Å²) >= 11 is 0. The standard InChI is InChI=1S/C10H11F2NO2.C5H8.C2H4O2.C2H4.CH3NO/c1-6(15-2)10(14)13-9-4-7(11)3-8(12)5-9;1-2-4-5-3-1;1-4-2-3;1-2;2-1-3/h3-6H,1-2H3,(H,13,14);1-2H,3-5H2;2H,1H3;1-2H2;1H,(H2,2,3). The summed E-state index contributed by atoms with van der Waals surface area (Å²) in [5.74, 6) is -1.94. The van der Waals surface area contributed by atoms with Crippen LogP contribution in [-0.2, 0) is 23.9 Å². The van der Waals surface area contributed by atoms with Gasteiger partial charge in [0, 0.05) is 18.9 Å². The van der Waals surface area contributed by atoms with Crippen molar-refractivity contribution >= 4 is 24.5 Å². The summed E-state index contributed by atoms with van der Waals surface area (Å²) in [5.41, 5.74) is 4.24. The van der Waals surface area contributed by atoms with Gasteiger partial charge in [0.2, 0.25) is 6.41 Å². The average Bonchev–Trinajstić information content (AvgIpc) is 3.29. The molecule has 0 aliphatic heterocycles. The van der Waals surface area contributed by atoms with E-state index in [1.807, 2.05) is 0 Å². The number of ether oxygens (including phenoxy) is 2. The molecule has 1 aromatic carbocycles. The van der Waals surface area contributed by atoms with Crippen molar-refractivity contribution in [1.29, 1.82) is 0 Å². The summed E-state index contributed by atoms with van der Waals surface area (Å²) in [6, 6.07) is 2.79. The Bertz CT molecular complexity index is 572. The number of benzene rings is 1. The second kappa shape index (κ2) is 23.0. The Labute approximate surface area is 170 Å². The van der Waals surface area contributed by atoms with Crippen molar-refractivity contribution in [1.82, 2.24) is 0 Å². The third kappa shape index (κ3) is 21.1. The number of carbonyl (C=O) groups is 3. The van der Waals surface area contributed by atoms with E-state index in [0.29, 0.717) is 6.47 Å². The van der Waals surface area contributed by atoms with E-state index in [-0.39, 0.29) is 12.1 Å². The molecule has 0 radical (unpaired) electrons. The maximum atomic E-state index is 12.7. The van der Waals surface area contributed by atoms with Crippen LogP contribution in [0.4, 0.5) is 14.5 Å². The van der Waals surface area contributed by atoms with E-state index in [4.69, 9.17) is 14.3 Å². The van der Waals surface area contributed by atoms with Gasteiger partial charge in [-0.2, -0.15) is 0 Å². The van der Waals surface area contributed by atoms with Gasteiger partial charge < -0.3 is 20.5 Å². The van der Waals surface area contributed by atoms with Crippen LogP contribution < -0.4 is 11.1 Å². The highest BCUT2D eigenvalue weighted by Gasteiger charge is 2.12. The molecule has 1 atom stereocenters. The van der Waals surface area contributed by atoms with Gasteiger partial charge in [0.05, 0.1) is 7.11 Å². The highest BCUT2D eigenvalue weighted by atomic mass is 19.1. The molecule has 0 aromatic heterocycles. The average molecular weight is 416 g/mol. The molecule has 1 aromatic rings. The van der Waals surface area contributed by atoms with Crippen LogP contribution in [-0.4, -0.2) is 39.1 Å². The number of primary amides is 1. The van der Waals surface area contributed by atoms with Gasteiger partial charge in [-0.25, -0.2) is 8.78 Å². The van der Waals surface area contributed by atoms with Gasteiger partial charge in [0.1, 0.15) is 17.7 Å². The Morgan fingerprint density at radius 3 is 1.83 bits per heavy atom. The number of hydrogen-bond acceptors (Lipinski definition) is 5. The Morgan fingerprint density at radius 1 is 1.14 bits per heavy atom. The minimum absolute atomic E-state index is 0.0707. The molecular formula is C20H30F2N2O5. The minimum Gasteiger partial charge on any atom is -0.471 e. The first-order valence-electron chi connectivity index (χ1n) is 8.42. The summed E-state index contributed by atoms with van der Waals surface area (Å²) in [7, 11) is 2.68. The zero-order valence-electron chi connectivity index (χ0n) is 17.0. The molecule has 2 amide bonds. The van der Waals surface area contributed by atoms with Crippen molar-refractivity contribution < 1.29 is 32.6 Å². The molecule has 3 N–H and O–H groups in total. The molecule has 0 bridgehead atoms. The monoisotopic (exact) mass is 416 g/mol. The molecule has 1 aliphatic rings. The van der Waals surface area contributed by atoms with Crippen LogP contribution in [0, 0.1) is 11.6 Å². The number of rotatable bonds is 4. The second-order valence-corrected chi connectivity index (χ2v) is 4.90. The fraction of sp³-hybridized carbons (Fsp3) is 0.350. The summed E-state index contributed by atoms with van der Waals surface area (Å²) in [6.07, 6.45) is 8.08. The van der Waals surface area contributed by atoms with Crippen LogP contribution in [0.5, 0.6) is 0 Å². The first-order valence-corrected chi connectivity index (χ1v) is 8.42. The van der Waals surface area contributed by atoms with Crippen LogP contribution in [0.1, 0.15) is 26.2 Å². The molecule has 1 unspecified atom stereocenters. The van der Waals surface area contributed by atoms with E-state index < -0.39 is 23.6 Å². The fourth-order valence-corrected chi connectivity index (χ4v) is 1.57. The van der Waals surface area contributed by atoms with Gasteiger partial charge in [-0.1, -0.05) is 12.2 Å². The number of halogens is 2. The number of hydrogen-bond donors (Lipinski definition) is 2. The van der Waals surface area contributed by atoms with Crippen molar-refractivity contribution in [2.45, 2.75) is 32.3 Å². The van der Waals surface area contributed by atoms with Crippen molar-refractivity contribution in [2.75, 3.05) is 19.5 Å². The number of methoxy groups -OCH3 is 2. The smallest absolute Gasteiger partial charge is 0.292 e. The van der Waals surface area contributed by atoms with Crippen molar-refractivity contribution in [3.63, 3.8) is 0 Å². The van der Waals surface area contributed by atoms with Crippen LogP contribution in [0.2, 0.25) is 0 Å². The minimum atomic E-state index is -0.740. The molecule has 7 nitrogen and oxygen atoms in total. The van der Waals surface area contributed by atoms with E-state index in [0.717, 1.165) is 18.2 Å². The third-order valence-electron chi connectivity index (χ3n) is 2.86. The highest BCUT2D eigenvalue weighted by Crippen LogP contribution is 2.13. The Hall–Kier alpha value is -3.07. The molecule has 0 saturated carbocycles. The van der Waals surface area contributed by atoms with Gasteiger partial charge in [-0.05, 0) is 38.3 Å².